The maximum atomic E-state index is 14.0. The van der Waals surface area contributed by atoms with E-state index in [1.165, 1.54) is 28.7 Å². The lowest BCUT2D eigenvalue weighted by atomic mass is 10.1. The number of aryl methyl sites for hydroxylation is 1. The van der Waals surface area contributed by atoms with Gasteiger partial charge in [-0.1, -0.05) is 41.2 Å². The van der Waals surface area contributed by atoms with Crippen molar-refractivity contribution >= 4 is 57.1 Å². The minimum Gasteiger partial charge on any atom is -0.493 e. The van der Waals surface area contributed by atoms with E-state index in [0.29, 0.717) is 79.7 Å². The second kappa shape index (κ2) is 18.4. The number of fused-ring (bicyclic) bond motifs is 4. The number of rotatable bonds is 15. The Kier molecular flexibility index (Phi) is 13.1. The summed E-state index contributed by atoms with van der Waals surface area (Å²) in [6.07, 6.45) is 4.56. The molecular formula is C43H49N5O9S2. The molecule has 14 nitrogen and oxygen atoms in total. The van der Waals surface area contributed by atoms with E-state index in [2.05, 4.69) is 23.1 Å². The van der Waals surface area contributed by atoms with Crippen molar-refractivity contribution in [2.45, 2.75) is 74.5 Å². The van der Waals surface area contributed by atoms with Crippen LogP contribution in [0.3, 0.4) is 0 Å². The number of nitrogens with zero attached hydrogens (tertiary/aromatic N) is 5. The predicted molar refractivity (Wildman–Crippen MR) is 228 cm³/mol. The number of aromatic nitrogens is 1. The monoisotopic (exact) mass is 843 g/mol. The number of aliphatic hydroxyl groups excluding tert-OH is 1. The second-order valence-electron chi connectivity index (χ2n) is 15.0. The van der Waals surface area contributed by atoms with Gasteiger partial charge in [0, 0.05) is 42.9 Å². The van der Waals surface area contributed by atoms with Crippen molar-refractivity contribution in [1.82, 2.24) is 14.8 Å². The first-order valence-electron chi connectivity index (χ1n) is 19.5. The molecule has 3 amide bonds. The molecule has 0 unspecified atom stereocenters. The standard InChI is InChI=1S/C43H49N5O9S2/c1-25-10-11-39(45-20-25)59-58-28(4)24-57-43(52)48-33-19-38(36(54-6)17-31(33)41(50)47-23-27(3)15-34(47)42(48)51)56-13-9-7-8-12-55-37-18-32-30(16-35(37)53-5)40(49)46-22-26(2)14-29(46)21-44-32/h10-11,16-21,28-29,34,42,51H,2-3,7-9,12-15,22-24H2,1,4-6H3/t28-,29+,34+,42+/m1/s1. The van der Waals surface area contributed by atoms with Crippen LogP contribution in [0.25, 0.3) is 0 Å². The van der Waals surface area contributed by atoms with Crippen LogP contribution in [0, 0.1) is 6.92 Å². The number of carbonyl (C=O) groups excluding carboxylic acids is 3. The molecule has 4 aliphatic heterocycles. The number of hydrogen-bond donors (Lipinski definition) is 1. The Morgan fingerprint density at radius 3 is 2.25 bits per heavy atom. The van der Waals surface area contributed by atoms with Crippen molar-refractivity contribution in [3.8, 4) is 23.0 Å². The zero-order chi connectivity index (χ0) is 41.8. The van der Waals surface area contributed by atoms with Crippen LogP contribution < -0.4 is 23.8 Å². The van der Waals surface area contributed by atoms with Crippen LogP contribution in [0.5, 0.6) is 23.0 Å². The normalized spacial score (nSPS) is 20.0. The van der Waals surface area contributed by atoms with E-state index in [9.17, 15) is 19.5 Å². The quantitative estimate of drug-likeness (QED) is 0.0922. The third-order valence-electron chi connectivity index (χ3n) is 10.5. The molecule has 16 heteroatoms. The highest BCUT2D eigenvalue weighted by Crippen LogP contribution is 2.43. The lowest BCUT2D eigenvalue weighted by molar-refractivity contribution is 0.0491. The minimum atomic E-state index is -1.40. The van der Waals surface area contributed by atoms with Gasteiger partial charge in [-0.25, -0.2) is 14.7 Å². The van der Waals surface area contributed by atoms with E-state index in [4.69, 9.17) is 23.7 Å². The molecule has 7 rings (SSSR count). The van der Waals surface area contributed by atoms with Crippen LogP contribution in [0.15, 0.2) is 76.9 Å². The highest BCUT2D eigenvalue weighted by Gasteiger charge is 2.46. The molecule has 2 fully saturated rings. The highest BCUT2D eigenvalue weighted by molar-refractivity contribution is 8.76. The number of carbonyl (C=O) groups is 3. The van der Waals surface area contributed by atoms with Crippen molar-refractivity contribution in [3.63, 3.8) is 0 Å². The van der Waals surface area contributed by atoms with Gasteiger partial charge in [-0.05, 0) is 80.5 Å². The molecule has 2 saturated heterocycles. The Bertz CT molecular complexity index is 2150. The molecule has 5 heterocycles. The van der Waals surface area contributed by atoms with Crippen molar-refractivity contribution in [3.05, 3.63) is 83.6 Å². The molecule has 0 radical (unpaired) electrons. The Morgan fingerprint density at radius 2 is 1.56 bits per heavy atom. The van der Waals surface area contributed by atoms with Gasteiger partial charge in [0.05, 0.1) is 62.0 Å². The maximum absolute atomic E-state index is 14.0. The Labute approximate surface area is 352 Å². The van der Waals surface area contributed by atoms with Gasteiger partial charge >= 0.3 is 6.09 Å². The second-order valence-corrected chi connectivity index (χ2v) is 17.7. The number of unbranched alkanes of at least 4 members (excludes halogenated alkanes) is 2. The molecule has 4 aliphatic rings. The molecular weight excluding hydrogens is 795 g/mol. The number of anilines is 1. The summed E-state index contributed by atoms with van der Waals surface area (Å²) in [6.45, 7) is 13.5. The predicted octanol–water partition coefficient (Wildman–Crippen LogP) is 7.40. The fourth-order valence-electron chi connectivity index (χ4n) is 7.46. The van der Waals surface area contributed by atoms with E-state index < -0.39 is 18.4 Å². The molecule has 312 valence electrons. The maximum Gasteiger partial charge on any atom is 0.416 e. The summed E-state index contributed by atoms with van der Waals surface area (Å²) < 4.78 is 29.3. The fraction of sp³-hybridized carbons (Fsp3) is 0.419. The van der Waals surface area contributed by atoms with Gasteiger partial charge < -0.3 is 38.6 Å². The molecule has 0 aliphatic carbocycles. The Hall–Kier alpha value is -5.19. The molecule has 4 atom stereocenters. The van der Waals surface area contributed by atoms with Gasteiger partial charge in [-0.2, -0.15) is 0 Å². The highest BCUT2D eigenvalue weighted by atomic mass is 33.1. The van der Waals surface area contributed by atoms with Crippen LogP contribution in [-0.2, 0) is 4.74 Å². The third kappa shape index (κ3) is 9.19. The molecule has 2 aromatic carbocycles. The van der Waals surface area contributed by atoms with Crippen molar-refractivity contribution in [2.24, 2.45) is 4.99 Å². The number of benzene rings is 2. The zero-order valence-electron chi connectivity index (χ0n) is 33.7. The van der Waals surface area contributed by atoms with Crippen molar-refractivity contribution < 1.29 is 43.2 Å². The van der Waals surface area contributed by atoms with Gasteiger partial charge in [-0.15, -0.1) is 0 Å². The number of aliphatic hydroxyl groups is 1. The lowest BCUT2D eigenvalue weighted by Gasteiger charge is -2.31. The van der Waals surface area contributed by atoms with Crippen LogP contribution in [0.1, 0.15) is 65.3 Å². The van der Waals surface area contributed by atoms with Crippen LogP contribution in [-0.4, -0.2) is 115 Å². The lowest BCUT2D eigenvalue weighted by Crippen LogP contribution is -2.51. The van der Waals surface area contributed by atoms with E-state index >= 15 is 0 Å². The summed E-state index contributed by atoms with van der Waals surface area (Å²) in [5.74, 6) is 1.12. The molecule has 1 N–H and O–H groups in total. The van der Waals surface area contributed by atoms with Gasteiger partial charge in [-0.3, -0.25) is 14.6 Å². The number of amides is 3. The number of methoxy groups -OCH3 is 2. The van der Waals surface area contributed by atoms with E-state index in [1.54, 1.807) is 53.6 Å². The smallest absolute Gasteiger partial charge is 0.416 e. The molecule has 1 aromatic heterocycles. The summed E-state index contributed by atoms with van der Waals surface area (Å²) >= 11 is 0. The average Bonchev–Trinajstić information content (AvgIpc) is 3.77. The molecule has 0 spiro atoms. The molecule has 3 aromatic rings. The number of pyridine rings is 1. The first kappa shape index (κ1) is 42.0. The fourth-order valence-corrected chi connectivity index (χ4v) is 9.31. The van der Waals surface area contributed by atoms with Gasteiger partial charge in [0.1, 0.15) is 11.6 Å². The minimum absolute atomic E-state index is 0.0575. The summed E-state index contributed by atoms with van der Waals surface area (Å²) in [4.78, 5) is 54.6. The van der Waals surface area contributed by atoms with Gasteiger partial charge in [0.25, 0.3) is 11.8 Å². The van der Waals surface area contributed by atoms with E-state index in [0.717, 1.165) is 33.1 Å². The van der Waals surface area contributed by atoms with E-state index in [1.807, 2.05) is 26.0 Å². The first-order valence-corrected chi connectivity index (χ1v) is 21.8. The zero-order valence-corrected chi connectivity index (χ0v) is 35.3. The Morgan fingerprint density at radius 1 is 0.898 bits per heavy atom. The summed E-state index contributed by atoms with van der Waals surface area (Å²) in [5, 5.41) is 12.5. The summed E-state index contributed by atoms with van der Waals surface area (Å²) in [7, 11) is 6.02. The van der Waals surface area contributed by atoms with Crippen LogP contribution in [0.4, 0.5) is 16.2 Å². The van der Waals surface area contributed by atoms with Crippen molar-refractivity contribution in [1.29, 1.82) is 0 Å². The van der Waals surface area contributed by atoms with Gasteiger partial charge in [0.2, 0.25) is 0 Å². The Balaban J connectivity index is 0.980. The molecule has 0 bridgehead atoms. The topological polar surface area (TPSA) is 153 Å². The van der Waals surface area contributed by atoms with Crippen molar-refractivity contribution in [2.75, 3.05) is 52.0 Å². The van der Waals surface area contributed by atoms with Crippen LogP contribution >= 0.6 is 21.6 Å². The number of aliphatic imine (C=N–C) groups is 1. The molecule has 59 heavy (non-hydrogen) atoms. The SMILES string of the molecule is C=C1C[C@H]2C=Nc3cc(OCCCCCOc4cc5c(cc4OC)C(=O)N4CC(=C)C[C@H]4[C@H](O)N5C(=O)OC[C@@H](C)SSc4ccc(C)cn4)c(OC)cc3C(=O)N2C1. The molecule has 0 saturated carbocycles. The first-order chi connectivity index (χ1) is 28.4. The summed E-state index contributed by atoms with van der Waals surface area (Å²) in [5.41, 5.74) is 4.20. The van der Waals surface area contributed by atoms with E-state index in [-0.39, 0.29) is 47.5 Å². The third-order valence-corrected chi connectivity index (χ3v) is 13.3. The van der Waals surface area contributed by atoms with Crippen LogP contribution in [0.2, 0.25) is 0 Å². The largest absolute Gasteiger partial charge is 0.493 e. The summed E-state index contributed by atoms with van der Waals surface area (Å²) in [6, 6.07) is 9.66. The number of hydrogen-bond acceptors (Lipinski definition) is 13. The number of ether oxygens (including phenoxy) is 5. The van der Waals surface area contributed by atoms with Gasteiger partial charge in [0.15, 0.2) is 29.2 Å². The average molecular weight is 844 g/mol.